The van der Waals surface area contributed by atoms with Gasteiger partial charge in [-0.25, -0.2) is 0 Å². The van der Waals surface area contributed by atoms with Gasteiger partial charge in [0.05, 0.1) is 6.61 Å². The second-order valence-electron chi connectivity index (χ2n) is 5.93. The molecule has 2 rings (SSSR count). The van der Waals surface area contributed by atoms with Gasteiger partial charge in [-0.1, -0.05) is 63.6 Å². The Labute approximate surface area is 128 Å². The van der Waals surface area contributed by atoms with E-state index in [0.29, 0.717) is 18.8 Å². The molecule has 3 nitrogen and oxygen atoms in total. The molecule has 1 saturated heterocycles. The number of ether oxygens (including phenoxy) is 2. The minimum Gasteiger partial charge on any atom is -0.460 e. The molecule has 1 N–H and O–H groups in total. The third kappa shape index (κ3) is 5.01. The van der Waals surface area contributed by atoms with Crippen LogP contribution in [0.5, 0.6) is 5.75 Å². The van der Waals surface area contributed by atoms with Gasteiger partial charge in [-0.15, -0.1) is 0 Å². The lowest BCUT2D eigenvalue weighted by molar-refractivity contribution is -0.174. The summed E-state index contributed by atoms with van der Waals surface area (Å²) in [7, 11) is 0. The number of para-hydroxylation sites is 1. The second kappa shape index (κ2) is 8.40. The molecule has 1 aliphatic rings. The highest BCUT2D eigenvalue weighted by Gasteiger charge is 2.44. The fourth-order valence-corrected chi connectivity index (χ4v) is 2.87. The van der Waals surface area contributed by atoms with Crippen molar-refractivity contribution in [2.24, 2.45) is 0 Å². The number of hydrogen-bond donors (Lipinski definition) is 1. The van der Waals surface area contributed by atoms with Gasteiger partial charge in [0.2, 0.25) is 5.79 Å². The number of aliphatic hydroxyl groups is 1. The van der Waals surface area contributed by atoms with E-state index < -0.39 is 5.79 Å². The fraction of sp³-hybridized carbons (Fsp3) is 0.667. The molecule has 2 atom stereocenters. The third-order valence-corrected chi connectivity index (χ3v) is 4.14. The number of rotatable bonds is 9. The van der Waals surface area contributed by atoms with E-state index >= 15 is 0 Å². The van der Waals surface area contributed by atoms with Crippen molar-refractivity contribution < 1.29 is 14.6 Å². The topological polar surface area (TPSA) is 38.7 Å². The van der Waals surface area contributed by atoms with Crippen LogP contribution in [0, 0.1) is 0 Å². The standard InChI is InChI=1S/C18H28O3/c1-2-3-4-5-6-10-13-17-18(19,14-15-20-17)21-16-11-8-7-9-12-16/h7-9,11-12,17,19H,2-6,10,13-15H2,1H3. The van der Waals surface area contributed by atoms with Crippen molar-refractivity contribution in [3.63, 3.8) is 0 Å². The van der Waals surface area contributed by atoms with E-state index in [-0.39, 0.29) is 6.10 Å². The highest BCUT2D eigenvalue weighted by Crippen LogP contribution is 2.32. The zero-order valence-electron chi connectivity index (χ0n) is 13.1. The maximum Gasteiger partial charge on any atom is 0.236 e. The van der Waals surface area contributed by atoms with Gasteiger partial charge in [-0.3, -0.25) is 0 Å². The Morgan fingerprint density at radius 2 is 1.86 bits per heavy atom. The van der Waals surface area contributed by atoms with Crippen LogP contribution in [0.15, 0.2) is 30.3 Å². The summed E-state index contributed by atoms with van der Waals surface area (Å²) >= 11 is 0. The molecule has 1 aromatic rings. The molecule has 1 fully saturated rings. The fourth-order valence-electron chi connectivity index (χ4n) is 2.87. The van der Waals surface area contributed by atoms with Gasteiger partial charge in [0, 0.05) is 6.42 Å². The predicted octanol–water partition coefficient (Wildman–Crippen LogP) is 4.29. The van der Waals surface area contributed by atoms with E-state index in [1.54, 1.807) is 0 Å². The van der Waals surface area contributed by atoms with Crippen molar-refractivity contribution in [1.82, 2.24) is 0 Å². The van der Waals surface area contributed by atoms with Crippen LogP contribution in [0.25, 0.3) is 0 Å². The third-order valence-electron chi connectivity index (χ3n) is 4.14. The number of benzene rings is 1. The average Bonchev–Trinajstić information content (AvgIpc) is 2.84. The van der Waals surface area contributed by atoms with Gasteiger partial charge < -0.3 is 14.6 Å². The Morgan fingerprint density at radius 3 is 2.62 bits per heavy atom. The minimum absolute atomic E-state index is 0.205. The van der Waals surface area contributed by atoms with Crippen LogP contribution in [0.4, 0.5) is 0 Å². The summed E-state index contributed by atoms with van der Waals surface area (Å²) in [5.41, 5.74) is 0. The lowest BCUT2D eigenvalue weighted by atomic mass is 10.0. The molecule has 118 valence electrons. The molecule has 0 spiro atoms. The van der Waals surface area contributed by atoms with Crippen LogP contribution >= 0.6 is 0 Å². The molecule has 21 heavy (non-hydrogen) atoms. The van der Waals surface area contributed by atoms with Crippen LogP contribution in [-0.2, 0) is 4.74 Å². The van der Waals surface area contributed by atoms with Crippen molar-refractivity contribution in [2.75, 3.05) is 6.61 Å². The lowest BCUT2D eigenvalue weighted by Gasteiger charge is -2.29. The molecule has 0 radical (unpaired) electrons. The smallest absolute Gasteiger partial charge is 0.236 e. The van der Waals surface area contributed by atoms with Crippen LogP contribution in [0.1, 0.15) is 58.3 Å². The van der Waals surface area contributed by atoms with Gasteiger partial charge in [-0.05, 0) is 18.6 Å². The highest BCUT2D eigenvalue weighted by molar-refractivity contribution is 5.22. The lowest BCUT2D eigenvalue weighted by Crippen LogP contribution is -2.44. The summed E-state index contributed by atoms with van der Waals surface area (Å²) in [5, 5.41) is 10.7. The van der Waals surface area contributed by atoms with Crippen molar-refractivity contribution in [1.29, 1.82) is 0 Å². The highest BCUT2D eigenvalue weighted by atomic mass is 16.7. The monoisotopic (exact) mass is 292 g/mol. The summed E-state index contributed by atoms with van der Waals surface area (Å²) < 4.78 is 11.5. The van der Waals surface area contributed by atoms with Crippen molar-refractivity contribution in [2.45, 2.75) is 70.2 Å². The van der Waals surface area contributed by atoms with Crippen molar-refractivity contribution in [3.05, 3.63) is 30.3 Å². The quantitative estimate of drug-likeness (QED) is 0.545. The first kappa shape index (κ1) is 16.3. The van der Waals surface area contributed by atoms with E-state index in [9.17, 15) is 5.11 Å². The van der Waals surface area contributed by atoms with Gasteiger partial charge in [-0.2, -0.15) is 0 Å². The van der Waals surface area contributed by atoms with Crippen LogP contribution in [0.2, 0.25) is 0 Å². The minimum atomic E-state index is -1.16. The van der Waals surface area contributed by atoms with E-state index in [1.165, 1.54) is 32.1 Å². The van der Waals surface area contributed by atoms with E-state index in [2.05, 4.69) is 6.92 Å². The summed E-state index contributed by atoms with van der Waals surface area (Å²) in [5.74, 6) is -0.455. The molecule has 0 aliphatic carbocycles. The first-order valence-corrected chi connectivity index (χ1v) is 8.32. The van der Waals surface area contributed by atoms with Crippen molar-refractivity contribution in [3.8, 4) is 5.75 Å². The van der Waals surface area contributed by atoms with Gasteiger partial charge in [0.15, 0.2) is 0 Å². The zero-order valence-corrected chi connectivity index (χ0v) is 13.1. The molecule has 3 heteroatoms. The Kier molecular flexibility index (Phi) is 6.52. The first-order valence-electron chi connectivity index (χ1n) is 8.32. The SMILES string of the molecule is CCCCCCCCC1OCCC1(O)Oc1ccccc1. The van der Waals surface area contributed by atoms with Crippen LogP contribution in [-0.4, -0.2) is 23.6 Å². The van der Waals surface area contributed by atoms with Crippen LogP contribution in [0.3, 0.4) is 0 Å². The van der Waals surface area contributed by atoms with Gasteiger partial charge in [0.25, 0.3) is 0 Å². The molecule has 0 aromatic heterocycles. The van der Waals surface area contributed by atoms with Gasteiger partial charge >= 0.3 is 0 Å². The molecular weight excluding hydrogens is 264 g/mol. The number of unbranched alkanes of at least 4 members (excludes halogenated alkanes) is 5. The molecule has 1 heterocycles. The Hall–Kier alpha value is -1.06. The molecule has 0 amide bonds. The maximum atomic E-state index is 10.7. The Bertz CT molecular complexity index is 393. The molecule has 1 aromatic carbocycles. The van der Waals surface area contributed by atoms with E-state index in [0.717, 1.165) is 12.8 Å². The van der Waals surface area contributed by atoms with Gasteiger partial charge in [0.1, 0.15) is 11.9 Å². The summed E-state index contributed by atoms with van der Waals surface area (Å²) in [6, 6.07) is 9.51. The van der Waals surface area contributed by atoms with Crippen LogP contribution < -0.4 is 4.74 Å². The molecular formula is C18H28O3. The first-order chi connectivity index (χ1) is 10.2. The molecule has 0 bridgehead atoms. The Morgan fingerprint density at radius 1 is 1.14 bits per heavy atom. The van der Waals surface area contributed by atoms with E-state index in [1.807, 2.05) is 30.3 Å². The zero-order chi connectivity index (χ0) is 15.0. The maximum absolute atomic E-state index is 10.7. The van der Waals surface area contributed by atoms with E-state index in [4.69, 9.17) is 9.47 Å². The predicted molar refractivity (Wildman–Crippen MR) is 84.4 cm³/mol. The largest absolute Gasteiger partial charge is 0.460 e. The number of hydrogen-bond acceptors (Lipinski definition) is 3. The second-order valence-corrected chi connectivity index (χ2v) is 5.93. The average molecular weight is 292 g/mol. The van der Waals surface area contributed by atoms with Crippen molar-refractivity contribution >= 4 is 0 Å². The summed E-state index contributed by atoms with van der Waals surface area (Å²) in [4.78, 5) is 0. The summed E-state index contributed by atoms with van der Waals surface area (Å²) in [6.07, 6.45) is 8.69. The summed E-state index contributed by atoms with van der Waals surface area (Å²) in [6.45, 7) is 2.80. The molecule has 1 aliphatic heterocycles. The Balaban J connectivity index is 1.76. The normalized spacial score (nSPS) is 25.1. The molecule has 0 saturated carbocycles. The molecule has 2 unspecified atom stereocenters.